The Morgan fingerprint density at radius 3 is 2.56 bits per heavy atom. The van der Waals surface area contributed by atoms with Crippen molar-refractivity contribution < 1.29 is 17.6 Å². The molecule has 0 fully saturated rings. The van der Waals surface area contributed by atoms with Gasteiger partial charge in [-0.25, -0.2) is 22.3 Å². The van der Waals surface area contributed by atoms with E-state index in [1.54, 1.807) is 12.1 Å². The summed E-state index contributed by atoms with van der Waals surface area (Å²) in [4.78, 5) is 24.9. The van der Waals surface area contributed by atoms with E-state index in [1.165, 1.54) is 35.0 Å². The zero-order chi connectivity index (χ0) is 23.0. The number of amides is 2. The predicted molar refractivity (Wildman–Crippen MR) is 123 cm³/mol. The summed E-state index contributed by atoms with van der Waals surface area (Å²) in [5, 5.41) is 3.45. The summed E-state index contributed by atoms with van der Waals surface area (Å²) in [5.74, 6) is -0.773. The van der Waals surface area contributed by atoms with E-state index in [4.69, 9.17) is 11.6 Å². The molecule has 2 N–H and O–H groups in total. The molecule has 164 valence electrons. The summed E-state index contributed by atoms with van der Waals surface area (Å²) >= 11 is 6.52. The third-order valence-corrected chi connectivity index (χ3v) is 7.62. The number of benzene rings is 2. The van der Waals surface area contributed by atoms with Crippen LogP contribution in [0.1, 0.15) is 5.56 Å². The monoisotopic (exact) mass is 491 g/mol. The number of aromatic nitrogens is 1. The Kier molecular flexibility index (Phi) is 5.76. The zero-order valence-electron chi connectivity index (χ0n) is 16.4. The first-order valence-corrected chi connectivity index (χ1v) is 11.8. The summed E-state index contributed by atoms with van der Waals surface area (Å²) in [5.41, 5.74) is 0.514. The van der Waals surface area contributed by atoms with Gasteiger partial charge in [0.05, 0.1) is 10.0 Å². The molecular weight excluding hydrogens is 477 g/mol. The van der Waals surface area contributed by atoms with Crippen LogP contribution in [0.2, 0.25) is 4.34 Å². The van der Waals surface area contributed by atoms with Gasteiger partial charge in [0.25, 0.3) is 15.6 Å². The molecule has 4 aromatic rings. The maximum absolute atomic E-state index is 14.8. The van der Waals surface area contributed by atoms with Gasteiger partial charge in [0, 0.05) is 17.3 Å². The normalized spacial score (nSPS) is 11.5. The Balaban J connectivity index is 1.58. The average Bonchev–Trinajstić information content (AvgIpc) is 3.16. The standard InChI is InChI=1S/C21H15ClFN3O4S2/c1-12-2-3-13-8-9-26(20(27)15(13)10-12)17-5-4-14(11-16(17)23)24-21(28)25-32(29,30)19-7-6-18(22)31-19/h2-11H,1H3,(H2,24,25,28). The average molecular weight is 492 g/mol. The Morgan fingerprint density at radius 1 is 1.09 bits per heavy atom. The van der Waals surface area contributed by atoms with Crippen molar-refractivity contribution in [3.63, 3.8) is 0 Å². The van der Waals surface area contributed by atoms with Crippen LogP contribution in [-0.4, -0.2) is 19.0 Å². The molecule has 2 aromatic heterocycles. The molecule has 0 aliphatic carbocycles. The lowest BCUT2D eigenvalue weighted by Crippen LogP contribution is -2.34. The number of carbonyl (C=O) groups excluding carboxylic acids is 1. The van der Waals surface area contributed by atoms with E-state index in [2.05, 4.69) is 5.32 Å². The molecule has 2 amide bonds. The van der Waals surface area contributed by atoms with Crippen LogP contribution in [0, 0.1) is 12.7 Å². The first-order chi connectivity index (χ1) is 15.1. The van der Waals surface area contributed by atoms with Crippen molar-refractivity contribution in [3.05, 3.63) is 86.9 Å². The van der Waals surface area contributed by atoms with Crippen LogP contribution in [0.3, 0.4) is 0 Å². The van der Waals surface area contributed by atoms with Gasteiger partial charge in [0.1, 0.15) is 10.0 Å². The number of nitrogens with one attached hydrogen (secondary N) is 2. The van der Waals surface area contributed by atoms with Crippen molar-refractivity contribution in [2.24, 2.45) is 0 Å². The molecular formula is C21H15ClFN3O4S2. The Morgan fingerprint density at radius 2 is 1.88 bits per heavy atom. The predicted octanol–water partition coefficient (Wildman–Crippen LogP) is 4.66. The van der Waals surface area contributed by atoms with Gasteiger partial charge >= 0.3 is 6.03 Å². The molecule has 32 heavy (non-hydrogen) atoms. The number of carbonyl (C=O) groups is 1. The largest absolute Gasteiger partial charge is 0.333 e. The Labute approximate surface area is 191 Å². The summed E-state index contributed by atoms with van der Waals surface area (Å²) in [6.07, 6.45) is 1.47. The van der Waals surface area contributed by atoms with E-state index in [-0.39, 0.29) is 25.5 Å². The number of sulfonamides is 1. The fourth-order valence-electron chi connectivity index (χ4n) is 3.09. The highest BCUT2D eigenvalue weighted by atomic mass is 35.5. The minimum atomic E-state index is -4.12. The third-order valence-electron chi connectivity index (χ3n) is 4.57. The number of fused-ring (bicyclic) bond motifs is 1. The third kappa shape index (κ3) is 4.38. The number of halogens is 2. The lowest BCUT2D eigenvalue weighted by molar-refractivity contribution is 0.256. The van der Waals surface area contributed by atoms with Gasteiger partial charge in [-0.3, -0.25) is 9.36 Å². The quantitative estimate of drug-likeness (QED) is 0.433. The second-order valence-corrected chi connectivity index (χ2v) is 10.5. The molecule has 0 spiro atoms. The summed E-state index contributed by atoms with van der Waals surface area (Å²) in [6, 6.07) is 12.4. The van der Waals surface area contributed by atoms with Crippen LogP contribution in [0.5, 0.6) is 0 Å². The molecule has 4 rings (SSSR count). The minimum absolute atomic E-state index is 0.00726. The maximum atomic E-state index is 14.8. The van der Waals surface area contributed by atoms with Gasteiger partial charge in [0.15, 0.2) is 0 Å². The van der Waals surface area contributed by atoms with Gasteiger partial charge in [-0.15, -0.1) is 11.3 Å². The molecule has 0 unspecified atom stereocenters. The van der Waals surface area contributed by atoms with Crippen LogP contribution in [0.4, 0.5) is 14.9 Å². The number of anilines is 1. The molecule has 11 heteroatoms. The molecule has 0 radical (unpaired) electrons. The smallest absolute Gasteiger partial charge is 0.307 e. The Hall–Kier alpha value is -3.21. The Bertz CT molecular complexity index is 1530. The van der Waals surface area contributed by atoms with E-state index in [1.807, 2.05) is 23.8 Å². The van der Waals surface area contributed by atoms with Crippen molar-refractivity contribution in [1.82, 2.24) is 9.29 Å². The van der Waals surface area contributed by atoms with Crippen LogP contribution >= 0.6 is 22.9 Å². The number of thiophene rings is 1. The van der Waals surface area contributed by atoms with Crippen molar-refractivity contribution in [2.45, 2.75) is 11.1 Å². The van der Waals surface area contributed by atoms with Crippen LogP contribution < -0.4 is 15.6 Å². The number of pyridine rings is 1. The second kappa shape index (κ2) is 8.38. The molecule has 0 saturated carbocycles. The number of rotatable bonds is 4. The fraction of sp³-hybridized carbons (Fsp3) is 0.0476. The van der Waals surface area contributed by atoms with Crippen LogP contribution in [0.25, 0.3) is 16.5 Å². The minimum Gasteiger partial charge on any atom is -0.307 e. The van der Waals surface area contributed by atoms with Crippen LogP contribution in [0.15, 0.2) is 69.8 Å². The van der Waals surface area contributed by atoms with E-state index in [9.17, 15) is 22.4 Å². The van der Waals surface area contributed by atoms with Crippen molar-refractivity contribution in [3.8, 4) is 5.69 Å². The molecule has 0 bridgehead atoms. The van der Waals surface area contributed by atoms with Gasteiger partial charge in [0.2, 0.25) is 0 Å². The number of aryl methyl sites for hydroxylation is 1. The summed E-state index contributed by atoms with van der Waals surface area (Å²) < 4.78 is 42.3. The molecule has 0 aliphatic rings. The second-order valence-electron chi connectivity index (χ2n) is 6.87. The van der Waals surface area contributed by atoms with Crippen molar-refractivity contribution in [2.75, 3.05) is 5.32 Å². The van der Waals surface area contributed by atoms with Gasteiger partial charge in [-0.05, 0) is 54.8 Å². The lowest BCUT2D eigenvalue weighted by atomic mass is 10.1. The summed E-state index contributed by atoms with van der Waals surface area (Å²) in [6.45, 7) is 1.86. The number of urea groups is 1. The molecule has 2 heterocycles. The SMILES string of the molecule is Cc1ccc2ccn(-c3ccc(NC(=O)NS(=O)(=O)c4ccc(Cl)s4)cc3F)c(=O)c2c1. The van der Waals surface area contributed by atoms with E-state index in [0.29, 0.717) is 5.39 Å². The lowest BCUT2D eigenvalue weighted by Gasteiger charge is -2.11. The molecule has 0 saturated heterocycles. The number of hydrogen-bond acceptors (Lipinski definition) is 5. The first kappa shape index (κ1) is 22.0. The van der Waals surface area contributed by atoms with E-state index < -0.39 is 21.9 Å². The molecule has 0 aliphatic heterocycles. The number of hydrogen-bond donors (Lipinski definition) is 2. The highest BCUT2D eigenvalue weighted by Crippen LogP contribution is 2.25. The van der Waals surface area contributed by atoms with E-state index in [0.717, 1.165) is 28.4 Å². The molecule has 0 atom stereocenters. The highest BCUT2D eigenvalue weighted by molar-refractivity contribution is 7.92. The number of nitrogens with zero attached hydrogens (tertiary/aromatic N) is 1. The first-order valence-electron chi connectivity index (χ1n) is 9.15. The van der Waals surface area contributed by atoms with Crippen molar-refractivity contribution >= 4 is 55.5 Å². The topological polar surface area (TPSA) is 97.3 Å². The van der Waals surface area contributed by atoms with Gasteiger partial charge in [-0.2, -0.15) is 0 Å². The zero-order valence-corrected chi connectivity index (χ0v) is 18.8. The molecule has 7 nitrogen and oxygen atoms in total. The highest BCUT2D eigenvalue weighted by Gasteiger charge is 2.20. The fourth-order valence-corrected chi connectivity index (χ4v) is 5.48. The van der Waals surface area contributed by atoms with Crippen molar-refractivity contribution in [1.29, 1.82) is 0 Å². The molecule has 2 aromatic carbocycles. The van der Waals surface area contributed by atoms with Crippen LogP contribution in [-0.2, 0) is 10.0 Å². The van der Waals surface area contributed by atoms with Gasteiger partial charge in [-0.1, -0.05) is 29.3 Å². The maximum Gasteiger partial charge on any atom is 0.333 e. The summed E-state index contributed by atoms with van der Waals surface area (Å²) in [7, 11) is -4.12. The van der Waals surface area contributed by atoms with E-state index >= 15 is 0 Å². The van der Waals surface area contributed by atoms with Gasteiger partial charge < -0.3 is 5.32 Å².